The minimum atomic E-state index is -0.105. The molecule has 10 aromatic rings. The zero-order chi connectivity index (χ0) is 36.0. The molecule has 0 N–H and O–H groups in total. The Morgan fingerprint density at radius 2 is 1.22 bits per heavy atom. The molecule has 0 aliphatic heterocycles. The number of nitrogens with zero attached hydrogens (tertiary/aromatic N) is 2. The molecule has 0 saturated carbocycles. The van der Waals surface area contributed by atoms with Crippen LogP contribution in [0, 0.1) is 0 Å². The monoisotopic (exact) mass is 710 g/mol. The Balaban J connectivity index is 1.07. The SMILES string of the molecule is CC1(C)c2ccccc2-c2ccc(N(c3ccc(-c4cccc5ccc6nc(-c7ccccc7)oc6c45)cc3)c3ccc4sc5ccccc5c4c3)cc21. The van der Waals surface area contributed by atoms with Crippen molar-refractivity contribution in [2.24, 2.45) is 0 Å². The van der Waals surface area contributed by atoms with Gasteiger partial charge in [-0.15, -0.1) is 11.3 Å². The summed E-state index contributed by atoms with van der Waals surface area (Å²) in [5.74, 6) is 0.634. The van der Waals surface area contributed by atoms with E-state index in [2.05, 4.69) is 158 Å². The van der Waals surface area contributed by atoms with Crippen LogP contribution in [0.5, 0.6) is 0 Å². The van der Waals surface area contributed by atoms with E-state index in [-0.39, 0.29) is 5.41 Å². The van der Waals surface area contributed by atoms with Gasteiger partial charge >= 0.3 is 0 Å². The van der Waals surface area contributed by atoms with Gasteiger partial charge in [0.2, 0.25) is 5.89 Å². The van der Waals surface area contributed by atoms with Crippen molar-refractivity contribution >= 4 is 70.4 Å². The van der Waals surface area contributed by atoms with E-state index in [1.807, 2.05) is 41.7 Å². The highest BCUT2D eigenvalue weighted by Crippen LogP contribution is 2.51. The zero-order valence-electron chi connectivity index (χ0n) is 29.9. The van der Waals surface area contributed by atoms with Gasteiger partial charge in [-0.3, -0.25) is 0 Å². The standard InChI is InChI=1S/C50H34N2OS/c1-50(2)42-17-8-6-14-38(42)39-26-24-36(30-43(39)50)52(35-25-28-46-41(29-35)40-15-7-9-18-45(40)54-46)34-22-19-31(20-23-34)37-16-10-13-32-21-27-44-48(47(32)37)53-49(51-44)33-11-4-3-5-12-33/h3-30H,1-2H3. The number of aromatic nitrogens is 1. The molecule has 2 heterocycles. The van der Waals surface area contributed by atoms with Gasteiger partial charge in [0, 0.05) is 53.6 Å². The molecule has 0 bridgehead atoms. The van der Waals surface area contributed by atoms with Crippen LogP contribution in [-0.4, -0.2) is 4.98 Å². The van der Waals surface area contributed by atoms with E-state index in [1.54, 1.807) is 0 Å². The third-order valence-corrected chi connectivity index (χ3v) is 12.5. The lowest BCUT2D eigenvalue weighted by atomic mass is 9.82. The van der Waals surface area contributed by atoms with Crippen molar-refractivity contribution in [1.29, 1.82) is 0 Å². The molecule has 0 atom stereocenters. The van der Waals surface area contributed by atoms with Crippen molar-refractivity contribution in [1.82, 2.24) is 4.98 Å². The van der Waals surface area contributed by atoms with Crippen molar-refractivity contribution in [2.75, 3.05) is 4.90 Å². The molecule has 1 aliphatic rings. The van der Waals surface area contributed by atoms with Crippen LogP contribution in [0.2, 0.25) is 0 Å². The summed E-state index contributed by atoms with van der Waals surface area (Å²) >= 11 is 1.85. The summed E-state index contributed by atoms with van der Waals surface area (Å²) < 4.78 is 9.13. The molecule has 0 fully saturated rings. The fourth-order valence-corrected chi connectivity index (χ4v) is 9.71. The highest BCUT2D eigenvalue weighted by Gasteiger charge is 2.35. The van der Waals surface area contributed by atoms with Crippen LogP contribution in [0.15, 0.2) is 174 Å². The first-order chi connectivity index (χ1) is 26.5. The smallest absolute Gasteiger partial charge is 0.227 e. The lowest BCUT2D eigenvalue weighted by Gasteiger charge is -2.28. The Morgan fingerprint density at radius 3 is 2.11 bits per heavy atom. The van der Waals surface area contributed by atoms with E-state index >= 15 is 0 Å². The average molecular weight is 711 g/mol. The molecular weight excluding hydrogens is 677 g/mol. The molecule has 0 unspecified atom stereocenters. The summed E-state index contributed by atoms with van der Waals surface area (Å²) in [6, 6.07) is 61.3. The number of fused-ring (bicyclic) bond motifs is 9. The number of rotatable bonds is 5. The molecule has 54 heavy (non-hydrogen) atoms. The van der Waals surface area contributed by atoms with E-state index in [0.29, 0.717) is 5.89 Å². The third kappa shape index (κ3) is 4.70. The zero-order valence-corrected chi connectivity index (χ0v) is 30.7. The highest BCUT2D eigenvalue weighted by molar-refractivity contribution is 7.25. The fourth-order valence-electron chi connectivity index (χ4n) is 8.62. The van der Waals surface area contributed by atoms with Crippen molar-refractivity contribution < 1.29 is 4.42 Å². The van der Waals surface area contributed by atoms with E-state index in [1.165, 1.54) is 42.4 Å². The predicted molar refractivity (Wildman–Crippen MR) is 228 cm³/mol. The first-order valence-electron chi connectivity index (χ1n) is 18.5. The van der Waals surface area contributed by atoms with Crippen LogP contribution >= 0.6 is 11.3 Å². The lowest BCUT2D eigenvalue weighted by Crippen LogP contribution is -2.16. The van der Waals surface area contributed by atoms with Crippen LogP contribution in [0.1, 0.15) is 25.0 Å². The molecule has 4 heteroatoms. The molecule has 0 amide bonds. The highest BCUT2D eigenvalue weighted by atomic mass is 32.1. The fraction of sp³-hybridized carbons (Fsp3) is 0.0600. The second kappa shape index (κ2) is 11.8. The van der Waals surface area contributed by atoms with Gasteiger partial charge in [-0.25, -0.2) is 4.98 Å². The molecule has 2 aromatic heterocycles. The summed E-state index contributed by atoms with van der Waals surface area (Å²) in [6.07, 6.45) is 0. The summed E-state index contributed by atoms with van der Waals surface area (Å²) in [5, 5.41) is 4.78. The van der Waals surface area contributed by atoms with Gasteiger partial charge in [0.1, 0.15) is 5.52 Å². The first-order valence-corrected chi connectivity index (χ1v) is 19.3. The molecule has 8 aromatic carbocycles. The number of hydrogen-bond donors (Lipinski definition) is 0. The van der Waals surface area contributed by atoms with Crippen molar-refractivity contribution in [3.8, 4) is 33.7 Å². The maximum atomic E-state index is 6.52. The average Bonchev–Trinajstić information content (AvgIpc) is 3.89. The number of anilines is 3. The minimum absolute atomic E-state index is 0.105. The Labute approximate surface area is 317 Å². The molecule has 0 saturated heterocycles. The molecule has 3 nitrogen and oxygen atoms in total. The van der Waals surface area contributed by atoms with Gasteiger partial charge in [0.05, 0.1) is 0 Å². The summed E-state index contributed by atoms with van der Waals surface area (Å²) in [7, 11) is 0. The van der Waals surface area contributed by atoms with Gasteiger partial charge in [-0.2, -0.15) is 0 Å². The number of oxazole rings is 1. The summed E-state index contributed by atoms with van der Waals surface area (Å²) in [5.41, 5.74) is 13.5. The van der Waals surface area contributed by atoms with Crippen LogP contribution in [-0.2, 0) is 5.41 Å². The molecular formula is C50H34N2OS. The molecule has 1 aliphatic carbocycles. The summed E-state index contributed by atoms with van der Waals surface area (Å²) in [4.78, 5) is 7.30. The van der Waals surface area contributed by atoms with Crippen LogP contribution in [0.3, 0.4) is 0 Å². The Morgan fingerprint density at radius 1 is 0.519 bits per heavy atom. The summed E-state index contributed by atoms with van der Waals surface area (Å²) in [6.45, 7) is 4.70. The normalized spacial score (nSPS) is 13.1. The van der Waals surface area contributed by atoms with E-state index in [9.17, 15) is 0 Å². The topological polar surface area (TPSA) is 29.3 Å². The third-order valence-electron chi connectivity index (χ3n) is 11.3. The maximum Gasteiger partial charge on any atom is 0.227 e. The molecule has 0 spiro atoms. The number of benzene rings is 8. The molecule has 0 radical (unpaired) electrons. The van der Waals surface area contributed by atoms with Crippen molar-refractivity contribution in [3.63, 3.8) is 0 Å². The quantitative estimate of drug-likeness (QED) is 0.178. The van der Waals surface area contributed by atoms with Gasteiger partial charge in [-0.1, -0.05) is 117 Å². The Bertz CT molecular complexity index is 3080. The number of thiophene rings is 1. The van der Waals surface area contributed by atoms with Crippen LogP contribution in [0.25, 0.3) is 75.8 Å². The predicted octanol–water partition coefficient (Wildman–Crippen LogP) is 14.5. The molecule has 256 valence electrons. The second-order valence-corrected chi connectivity index (χ2v) is 15.8. The number of hydrogen-bond acceptors (Lipinski definition) is 4. The first kappa shape index (κ1) is 31.1. The molecule has 11 rings (SSSR count). The van der Waals surface area contributed by atoms with Crippen LogP contribution < -0.4 is 4.90 Å². The van der Waals surface area contributed by atoms with E-state index in [0.717, 1.165) is 55.6 Å². The van der Waals surface area contributed by atoms with Gasteiger partial charge in [-0.05, 0) is 105 Å². The second-order valence-electron chi connectivity index (χ2n) is 14.8. The van der Waals surface area contributed by atoms with Crippen molar-refractivity contribution in [3.05, 3.63) is 181 Å². The maximum absolute atomic E-state index is 6.52. The Kier molecular flexibility index (Phi) is 6.77. The minimum Gasteiger partial charge on any atom is -0.435 e. The Hall–Kier alpha value is -6.49. The van der Waals surface area contributed by atoms with E-state index in [4.69, 9.17) is 9.40 Å². The lowest BCUT2D eigenvalue weighted by molar-refractivity contribution is 0.623. The van der Waals surface area contributed by atoms with Gasteiger partial charge in [0.15, 0.2) is 5.58 Å². The van der Waals surface area contributed by atoms with Gasteiger partial charge in [0.25, 0.3) is 0 Å². The van der Waals surface area contributed by atoms with Crippen LogP contribution in [0.4, 0.5) is 17.1 Å². The van der Waals surface area contributed by atoms with Gasteiger partial charge < -0.3 is 9.32 Å². The van der Waals surface area contributed by atoms with E-state index < -0.39 is 0 Å². The van der Waals surface area contributed by atoms with Crippen molar-refractivity contribution in [2.45, 2.75) is 19.3 Å². The largest absolute Gasteiger partial charge is 0.435 e.